The Morgan fingerprint density at radius 3 is 2.17 bits per heavy atom. The first kappa shape index (κ1) is 26.3. The Labute approximate surface area is 239 Å². The SMILES string of the molecule is O=S(=O)(NCc1ccccc1)c1cccc(-c2nc(NCc3ccccn3)c3c(-c4ccccc4)cccc3n2)c1. The molecule has 0 aliphatic carbocycles. The van der Waals surface area contributed by atoms with Gasteiger partial charge in [-0.3, -0.25) is 4.98 Å². The lowest BCUT2D eigenvalue weighted by molar-refractivity contribution is 0.581. The van der Waals surface area contributed by atoms with E-state index < -0.39 is 10.0 Å². The van der Waals surface area contributed by atoms with Gasteiger partial charge in [-0.1, -0.05) is 91.0 Å². The van der Waals surface area contributed by atoms with E-state index in [-0.39, 0.29) is 11.4 Å². The van der Waals surface area contributed by atoms with Crippen molar-refractivity contribution in [1.29, 1.82) is 0 Å². The van der Waals surface area contributed by atoms with Crippen LogP contribution in [0.5, 0.6) is 0 Å². The first-order chi connectivity index (χ1) is 20.1. The number of nitrogens with zero attached hydrogens (tertiary/aromatic N) is 3. The lowest BCUT2D eigenvalue weighted by atomic mass is 10.0. The van der Waals surface area contributed by atoms with E-state index in [0.717, 1.165) is 33.3 Å². The van der Waals surface area contributed by atoms with E-state index in [1.165, 1.54) is 0 Å². The van der Waals surface area contributed by atoms with Crippen molar-refractivity contribution < 1.29 is 8.42 Å². The van der Waals surface area contributed by atoms with Gasteiger partial charge in [0.1, 0.15) is 5.82 Å². The van der Waals surface area contributed by atoms with Crippen LogP contribution in [0.25, 0.3) is 33.4 Å². The lowest BCUT2D eigenvalue weighted by Gasteiger charge is -2.15. The molecule has 0 saturated carbocycles. The summed E-state index contributed by atoms with van der Waals surface area (Å²) in [5.74, 6) is 1.07. The van der Waals surface area contributed by atoms with Crippen molar-refractivity contribution in [2.24, 2.45) is 0 Å². The Bertz CT molecular complexity index is 1900. The summed E-state index contributed by atoms with van der Waals surface area (Å²) in [6.07, 6.45) is 1.76. The van der Waals surface area contributed by atoms with Gasteiger partial charge in [0.05, 0.1) is 28.0 Å². The van der Waals surface area contributed by atoms with Crippen LogP contribution in [0.1, 0.15) is 11.3 Å². The van der Waals surface area contributed by atoms with Crippen molar-refractivity contribution in [2.75, 3.05) is 5.32 Å². The average molecular weight is 558 g/mol. The van der Waals surface area contributed by atoms with Gasteiger partial charge in [-0.05, 0) is 47.0 Å². The molecule has 0 saturated heterocycles. The fourth-order valence-corrected chi connectivity index (χ4v) is 5.70. The second-order valence-electron chi connectivity index (χ2n) is 9.47. The summed E-state index contributed by atoms with van der Waals surface area (Å²) in [5.41, 5.74) is 5.14. The van der Waals surface area contributed by atoms with Crippen LogP contribution in [0.2, 0.25) is 0 Å². The molecule has 0 aliphatic heterocycles. The first-order valence-corrected chi connectivity index (χ1v) is 14.7. The Morgan fingerprint density at radius 1 is 0.659 bits per heavy atom. The fraction of sp³-hybridized carbons (Fsp3) is 0.0606. The van der Waals surface area contributed by atoms with Gasteiger partial charge in [0, 0.05) is 18.3 Å². The number of hydrogen-bond acceptors (Lipinski definition) is 6. The first-order valence-electron chi connectivity index (χ1n) is 13.2. The molecule has 2 aromatic heterocycles. The van der Waals surface area contributed by atoms with E-state index in [4.69, 9.17) is 9.97 Å². The van der Waals surface area contributed by atoms with Gasteiger partial charge >= 0.3 is 0 Å². The van der Waals surface area contributed by atoms with Gasteiger partial charge in [-0.2, -0.15) is 0 Å². The van der Waals surface area contributed by atoms with Crippen LogP contribution in [0, 0.1) is 0 Å². The number of sulfonamides is 1. The van der Waals surface area contributed by atoms with Crippen LogP contribution in [0.3, 0.4) is 0 Å². The molecule has 41 heavy (non-hydrogen) atoms. The zero-order valence-electron chi connectivity index (χ0n) is 22.1. The second-order valence-corrected chi connectivity index (χ2v) is 11.2. The highest BCUT2D eigenvalue weighted by Crippen LogP contribution is 2.34. The Balaban J connectivity index is 1.40. The summed E-state index contributed by atoms with van der Waals surface area (Å²) in [5, 5.41) is 4.34. The number of hydrogen-bond donors (Lipinski definition) is 2. The van der Waals surface area contributed by atoms with Crippen LogP contribution < -0.4 is 10.0 Å². The number of rotatable bonds is 9. The monoisotopic (exact) mass is 557 g/mol. The molecule has 0 amide bonds. The minimum absolute atomic E-state index is 0.149. The molecule has 8 heteroatoms. The number of aromatic nitrogens is 3. The highest BCUT2D eigenvalue weighted by Gasteiger charge is 2.18. The standard InChI is InChI=1S/C33H27N5O2S/c39-41(40,36-22-24-11-3-1-4-12-24)28-17-9-15-26(21-28)32-37-30-19-10-18-29(25-13-5-2-6-14-25)31(30)33(38-32)35-23-27-16-7-8-20-34-27/h1-21,36H,22-23H2,(H,35,37,38). The van der Waals surface area contributed by atoms with Crippen LogP contribution in [0.15, 0.2) is 132 Å². The maximum Gasteiger partial charge on any atom is 0.240 e. The molecule has 0 radical (unpaired) electrons. The fourth-order valence-electron chi connectivity index (χ4n) is 4.64. The van der Waals surface area contributed by atoms with Crippen molar-refractivity contribution >= 4 is 26.7 Å². The minimum atomic E-state index is -3.76. The van der Waals surface area contributed by atoms with E-state index in [2.05, 4.69) is 33.2 Å². The van der Waals surface area contributed by atoms with Crippen molar-refractivity contribution in [1.82, 2.24) is 19.7 Å². The maximum absolute atomic E-state index is 13.2. The lowest BCUT2D eigenvalue weighted by Crippen LogP contribution is -2.23. The smallest absolute Gasteiger partial charge is 0.240 e. The molecule has 202 valence electrons. The molecular weight excluding hydrogens is 530 g/mol. The van der Waals surface area contributed by atoms with Crippen molar-refractivity contribution in [3.63, 3.8) is 0 Å². The van der Waals surface area contributed by atoms with E-state index in [9.17, 15) is 8.42 Å². The number of pyridine rings is 1. The molecule has 6 aromatic rings. The highest BCUT2D eigenvalue weighted by molar-refractivity contribution is 7.89. The molecule has 4 aromatic carbocycles. The zero-order valence-corrected chi connectivity index (χ0v) is 22.9. The van der Waals surface area contributed by atoms with Gasteiger partial charge in [-0.25, -0.2) is 23.1 Å². The molecule has 0 spiro atoms. The number of benzene rings is 4. The third kappa shape index (κ3) is 5.99. The molecule has 2 heterocycles. The van der Waals surface area contributed by atoms with Gasteiger partial charge in [0.2, 0.25) is 10.0 Å². The normalized spacial score (nSPS) is 11.4. The molecule has 0 aliphatic rings. The second kappa shape index (κ2) is 11.7. The third-order valence-corrected chi connectivity index (χ3v) is 8.08. The number of nitrogens with one attached hydrogen (secondary N) is 2. The molecule has 0 atom stereocenters. The predicted octanol–water partition coefficient (Wildman–Crippen LogP) is 6.45. The molecule has 0 fully saturated rings. The Kier molecular flexibility index (Phi) is 7.49. The summed E-state index contributed by atoms with van der Waals surface area (Å²) in [6, 6.07) is 38.0. The zero-order chi connectivity index (χ0) is 28.1. The van der Waals surface area contributed by atoms with Gasteiger partial charge in [0.25, 0.3) is 0 Å². The van der Waals surface area contributed by atoms with Crippen LogP contribution in [-0.4, -0.2) is 23.4 Å². The Morgan fingerprint density at radius 2 is 1.39 bits per heavy atom. The molecule has 0 unspecified atom stereocenters. The summed E-state index contributed by atoms with van der Waals surface area (Å²) in [6.45, 7) is 0.664. The summed E-state index contributed by atoms with van der Waals surface area (Å²) in [4.78, 5) is 14.4. The Hall–Kier alpha value is -4.92. The van der Waals surface area contributed by atoms with E-state index in [1.54, 1.807) is 24.4 Å². The third-order valence-electron chi connectivity index (χ3n) is 6.68. The molecule has 0 bridgehead atoms. The minimum Gasteiger partial charge on any atom is -0.364 e. The molecule has 6 rings (SSSR count). The quantitative estimate of drug-likeness (QED) is 0.212. The predicted molar refractivity (Wildman–Crippen MR) is 162 cm³/mol. The number of anilines is 1. The van der Waals surface area contributed by atoms with Crippen LogP contribution >= 0.6 is 0 Å². The molecule has 2 N–H and O–H groups in total. The van der Waals surface area contributed by atoms with Crippen molar-refractivity contribution in [3.8, 4) is 22.5 Å². The van der Waals surface area contributed by atoms with E-state index in [1.807, 2.05) is 84.9 Å². The summed E-state index contributed by atoms with van der Waals surface area (Å²) < 4.78 is 29.0. The van der Waals surface area contributed by atoms with Crippen molar-refractivity contribution in [3.05, 3.63) is 139 Å². The number of fused-ring (bicyclic) bond motifs is 1. The van der Waals surface area contributed by atoms with Gasteiger partial charge in [-0.15, -0.1) is 0 Å². The van der Waals surface area contributed by atoms with Crippen LogP contribution in [0.4, 0.5) is 5.82 Å². The van der Waals surface area contributed by atoms with Gasteiger partial charge < -0.3 is 5.32 Å². The molecule has 7 nitrogen and oxygen atoms in total. The maximum atomic E-state index is 13.2. The van der Waals surface area contributed by atoms with E-state index in [0.29, 0.717) is 23.8 Å². The summed E-state index contributed by atoms with van der Waals surface area (Å²) >= 11 is 0. The van der Waals surface area contributed by atoms with Gasteiger partial charge in [0.15, 0.2) is 5.82 Å². The van der Waals surface area contributed by atoms with E-state index >= 15 is 0 Å². The molecular formula is C33H27N5O2S. The summed E-state index contributed by atoms with van der Waals surface area (Å²) in [7, 11) is -3.76. The van der Waals surface area contributed by atoms with Crippen LogP contribution in [-0.2, 0) is 23.1 Å². The van der Waals surface area contributed by atoms with Crippen molar-refractivity contribution in [2.45, 2.75) is 18.0 Å². The largest absolute Gasteiger partial charge is 0.364 e. The highest BCUT2D eigenvalue weighted by atomic mass is 32.2. The average Bonchev–Trinajstić information content (AvgIpc) is 3.04. The topological polar surface area (TPSA) is 96.9 Å².